The van der Waals surface area contributed by atoms with E-state index in [2.05, 4.69) is 25.7 Å². The Morgan fingerprint density at radius 1 is 1.36 bits per heavy atom. The predicted molar refractivity (Wildman–Crippen MR) is 86.9 cm³/mol. The van der Waals surface area contributed by atoms with E-state index in [1.54, 1.807) is 7.05 Å². The summed E-state index contributed by atoms with van der Waals surface area (Å²) in [5, 5.41) is 22.6. The van der Waals surface area contributed by atoms with Crippen molar-refractivity contribution in [2.45, 2.75) is 44.0 Å². The Bertz CT molecular complexity index is 898. The number of carbonyl (C=O) groups excluding carboxylic acids is 1. The molecule has 1 saturated carbocycles. The minimum atomic E-state index is -4.69. The lowest BCUT2D eigenvalue weighted by Gasteiger charge is -2.29. The van der Waals surface area contributed by atoms with Crippen LogP contribution in [0.1, 0.15) is 47.6 Å². The molecule has 0 saturated heterocycles. The molecule has 1 aliphatic carbocycles. The first-order valence-corrected chi connectivity index (χ1v) is 8.45. The fourth-order valence-corrected chi connectivity index (χ4v) is 2.96. The summed E-state index contributed by atoms with van der Waals surface area (Å²) in [6.07, 6.45) is -1.62. The van der Waals surface area contributed by atoms with Crippen LogP contribution in [0.2, 0.25) is 0 Å². The Labute approximate surface area is 157 Å². The number of aryl methyl sites for hydroxylation is 1. The summed E-state index contributed by atoms with van der Waals surface area (Å²) in [4.78, 5) is 16.7. The Hall–Kier alpha value is -3.23. The second kappa shape index (κ2) is 7.79. The van der Waals surface area contributed by atoms with Gasteiger partial charge < -0.3 is 10.1 Å². The van der Waals surface area contributed by atoms with Gasteiger partial charge in [-0.15, -0.1) is 10.2 Å². The molecule has 0 unspecified atom stereocenters. The van der Waals surface area contributed by atoms with Gasteiger partial charge in [-0.05, 0) is 37.0 Å². The molecule has 1 amide bonds. The number of nitriles is 1. The Kier molecular flexibility index (Phi) is 5.43. The van der Waals surface area contributed by atoms with Crippen molar-refractivity contribution >= 4 is 5.91 Å². The summed E-state index contributed by atoms with van der Waals surface area (Å²) in [7, 11) is 1.55. The third kappa shape index (κ3) is 4.54. The number of carbonyl (C=O) groups is 1. The summed E-state index contributed by atoms with van der Waals surface area (Å²) < 4.78 is 44.6. The van der Waals surface area contributed by atoms with Crippen LogP contribution < -0.4 is 10.1 Å². The van der Waals surface area contributed by atoms with E-state index < -0.39 is 23.3 Å². The van der Waals surface area contributed by atoms with Crippen molar-refractivity contribution in [1.29, 1.82) is 5.26 Å². The second-order valence-electron chi connectivity index (χ2n) is 6.34. The van der Waals surface area contributed by atoms with E-state index in [0.717, 1.165) is 12.3 Å². The van der Waals surface area contributed by atoms with Gasteiger partial charge in [0.25, 0.3) is 11.7 Å². The molecule has 2 aromatic rings. The minimum absolute atomic E-state index is 0.0239. The number of nitrogens with zero attached hydrogens (tertiary/aromatic N) is 6. The first-order chi connectivity index (χ1) is 13.3. The lowest BCUT2D eigenvalue weighted by molar-refractivity contribution is -0.138. The summed E-state index contributed by atoms with van der Waals surface area (Å²) in [6, 6.07) is 2.11. The first-order valence-electron chi connectivity index (χ1n) is 8.45. The van der Waals surface area contributed by atoms with Crippen molar-refractivity contribution in [3.8, 4) is 11.8 Å². The average Bonchev–Trinajstić information content (AvgIpc) is 3.09. The molecule has 12 heteroatoms. The third-order valence-electron chi connectivity index (χ3n) is 4.30. The van der Waals surface area contributed by atoms with Gasteiger partial charge in [0, 0.05) is 6.04 Å². The summed E-state index contributed by atoms with van der Waals surface area (Å²) in [6.45, 7) is 0. The zero-order chi connectivity index (χ0) is 20.3. The summed E-state index contributed by atoms with van der Waals surface area (Å²) in [5.74, 6) is -0.490. The van der Waals surface area contributed by atoms with Crippen molar-refractivity contribution in [2.24, 2.45) is 7.05 Å². The van der Waals surface area contributed by atoms with Crippen LogP contribution in [0.4, 0.5) is 13.2 Å². The molecule has 28 heavy (non-hydrogen) atoms. The molecule has 2 heterocycles. The van der Waals surface area contributed by atoms with E-state index in [-0.39, 0.29) is 23.7 Å². The molecule has 1 aliphatic rings. The van der Waals surface area contributed by atoms with E-state index in [4.69, 9.17) is 10.00 Å². The third-order valence-corrected chi connectivity index (χ3v) is 4.30. The number of hydrogen-bond acceptors (Lipinski definition) is 7. The van der Waals surface area contributed by atoms with Crippen LogP contribution in [0.5, 0.6) is 5.75 Å². The van der Waals surface area contributed by atoms with Crippen LogP contribution in [-0.2, 0) is 13.2 Å². The zero-order valence-corrected chi connectivity index (χ0v) is 14.8. The van der Waals surface area contributed by atoms with Crippen molar-refractivity contribution in [1.82, 2.24) is 30.5 Å². The monoisotopic (exact) mass is 395 g/mol. The number of nitrogens with one attached hydrogen (secondary N) is 1. The lowest BCUT2D eigenvalue weighted by atomic mass is 9.93. The van der Waals surface area contributed by atoms with Gasteiger partial charge in [-0.25, -0.2) is 4.98 Å². The average molecular weight is 395 g/mol. The fraction of sp³-hybridized carbons (Fsp3) is 0.500. The fourth-order valence-electron chi connectivity index (χ4n) is 2.96. The highest BCUT2D eigenvalue weighted by atomic mass is 19.4. The van der Waals surface area contributed by atoms with Gasteiger partial charge in [-0.2, -0.15) is 23.2 Å². The van der Waals surface area contributed by atoms with E-state index in [1.807, 2.05) is 0 Å². The molecular formula is C16H16F3N7O2. The number of pyridine rings is 1. The molecular weight excluding hydrogens is 379 g/mol. The summed E-state index contributed by atoms with van der Waals surface area (Å²) in [5.41, 5.74) is -1.81. The minimum Gasteiger partial charge on any atom is -0.489 e. The van der Waals surface area contributed by atoms with Crippen molar-refractivity contribution in [3.63, 3.8) is 0 Å². The molecule has 0 spiro atoms. The molecule has 1 fully saturated rings. The number of rotatable bonds is 4. The molecule has 0 radical (unpaired) electrons. The van der Waals surface area contributed by atoms with Crippen molar-refractivity contribution in [3.05, 3.63) is 29.3 Å². The first kappa shape index (κ1) is 19.5. The van der Waals surface area contributed by atoms with Gasteiger partial charge in [0.2, 0.25) is 0 Å². The van der Waals surface area contributed by atoms with Gasteiger partial charge in [0.1, 0.15) is 11.8 Å². The molecule has 148 valence electrons. The number of tetrazole rings is 1. The largest absolute Gasteiger partial charge is 0.489 e. The molecule has 0 aliphatic heterocycles. The number of aromatic nitrogens is 5. The highest BCUT2D eigenvalue weighted by molar-refractivity contribution is 5.90. The van der Waals surface area contributed by atoms with E-state index in [9.17, 15) is 18.0 Å². The second-order valence-corrected chi connectivity index (χ2v) is 6.34. The predicted octanol–water partition coefficient (Wildman–Crippen LogP) is 1.62. The Morgan fingerprint density at radius 3 is 2.64 bits per heavy atom. The highest BCUT2D eigenvalue weighted by Gasteiger charge is 2.35. The SMILES string of the molecule is Cn1nnc(C(=O)NC2CCC(Oc3cnc(C#N)c(C(F)(F)F)c3)CC2)n1. The Morgan fingerprint density at radius 2 is 2.07 bits per heavy atom. The van der Waals surface area contributed by atoms with E-state index in [0.29, 0.717) is 25.7 Å². The van der Waals surface area contributed by atoms with Crippen LogP contribution in [0.15, 0.2) is 12.3 Å². The van der Waals surface area contributed by atoms with Gasteiger partial charge in [0.15, 0.2) is 5.69 Å². The quantitative estimate of drug-likeness (QED) is 0.835. The maximum Gasteiger partial charge on any atom is 0.419 e. The van der Waals surface area contributed by atoms with Gasteiger partial charge in [-0.1, -0.05) is 0 Å². The van der Waals surface area contributed by atoms with Crippen LogP contribution in [-0.4, -0.2) is 43.2 Å². The van der Waals surface area contributed by atoms with E-state index >= 15 is 0 Å². The number of hydrogen-bond donors (Lipinski definition) is 1. The smallest absolute Gasteiger partial charge is 0.419 e. The number of alkyl halides is 3. The molecule has 9 nitrogen and oxygen atoms in total. The molecule has 3 rings (SSSR count). The topological polar surface area (TPSA) is 119 Å². The maximum absolute atomic E-state index is 13.0. The van der Waals surface area contributed by atoms with Crippen molar-refractivity contribution in [2.75, 3.05) is 0 Å². The van der Waals surface area contributed by atoms with Crippen molar-refractivity contribution < 1.29 is 22.7 Å². The van der Waals surface area contributed by atoms with Crippen LogP contribution >= 0.6 is 0 Å². The number of halogens is 3. The number of amides is 1. The van der Waals surface area contributed by atoms with Gasteiger partial charge in [0.05, 0.1) is 24.9 Å². The Balaban J connectivity index is 1.56. The molecule has 2 aromatic heterocycles. The number of ether oxygens (including phenoxy) is 1. The standard InChI is InChI=1S/C16H16F3N7O2/c1-26-24-14(23-25-26)15(27)22-9-2-4-10(5-3-9)28-11-6-12(16(17,18)19)13(7-20)21-8-11/h6,8-10H,2-5H2,1H3,(H,22,27). The van der Waals surface area contributed by atoms with Gasteiger partial charge >= 0.3 is 6.18 Å². The van der Waals surface area contributed by atoms with Gasteiger partial charge in [-0.3, -0.25) is 4.79 Å². The molecule has 0 bridgehead atoms. The molecule has 0 atom stereocenters. The van der Waals surface area contributed by atoms with Crippen LogP contribution in [0, 0.1) is 11.3 Å². The molecule has 0 aromatic carbocycles. The van der Waals surface area contributed by atoms with Crippen LogP contribution in [0.3, 0.4) is 0 Å². The van der Waals surface area contributed by atoms with Crippen LogP contribution in [0.25, 0.3) is 0 Å². The normalized spacial score (nSPS) is 19.7. The van der Waals surface area contributed by atoms with E-state index in [1.165, 1.54) is 10.9 Å². The molecule has 1 N–H and O–H groups in total. The highest BCUT2D eigenvalue weighted by Crippen LogP contribution is 2.34. The lowest BCUT2D eigenvalue weighted by Crippen LogP contribution is -2.40. The maximum atomic E-state index is 13.0. The summed E-state index contributed by atoms with van der Waals surface area (Å²) >= 11 is 0. The zero-order valence-electron chi connectivity index (χ0n) is 14.8.